The minimum atomic E-state index is 0.682. The van der Waals surface area contributed by atoms with Crippen molar-refractivity contribution in [1.82, 2.24) is 20.3 Å². The molecule has 0 saturated heterocycles. The lowest BCUT2D eigenvalue weighted by Gasteiger charge is -1.97. The van der Waals surface area contributed by atoms with Crippen molar-refractivity contribution in [1.29, 1.82) is 0 Å². The smallest absolute Gasteiger partial charge is 0.192 e. The molecule has 0 atom stereocenters. The van der Waals surface area contributed by atoms with Crippen molar-refractivity contribution >= 4 is 11.1 Å². The molecule has 3 aromatic rings. The third-order valence-electron chi connectivity index (χ3n) is 3.05. The molecule has 0 unspecified atom stereocenters. The van der Waals surface area contributed by atoms with Crippen LogP contribution in [0.15, 0.2) is 22.6 Å². The predicted octanol–water partition coefficient (Wildman–Crippen LogP) is 2.55. The molecule has 0 amide bonds. The van der Waals surface area contributed by atoms with E-state index in [9.17, 15) is 0 Å². The highest BCUT2D eigenvalue weighted by Crippen LogP contribution is 2.25. The number of oxazole rings is 1. The van der Waals surface area contributed by atoms with E-state index >= 15 is 0 Å². The number of nitrogens with one attached hydrogen (secondary N) is 2. The first-order valence-electron chi connectivity index (χ1n) is 6.25. The van der Waals surface area contributed by atoms with Gasteiger partial charge in [0.15, 0.2) is 11.5 Å². The van der Waals surface area contributed by atoms with Gasteiger partial charge in [0, 0.05) is 18.2 Å². The second kappa shape index (κ2) is 4.51. The maximum Gasteiger partial charge on any atom is 0.192 e. The molecule has 19 heavy (non-hydrogen) atoms. The number of benzene rings is 1. The van der Waals surface area contributed by atoms with Crippen molar-refractivity contribution in [2.75, 3.05) is 7.05 Å². The van der Waals surface area contributed by atoms with Crippen LogP contribution in [0, 0.1) is 13.8 Å². The predicted molar refractivity (Wildman–Crippen MR) is 73.8 cm³/mol. The van der Waals surface area contributed by atoms with Gasteiger partial charge >= 0.3 is 0 Å². The van der Waals surface area contributed by atoms with E-state index in [-0.39, 0.29) is 0 Å². The largest absolute Gasteiger partial charge is 0.441 e. The SMILES string of the molecule is CNCc1nc(-c2ccc3oc(C)nc3c2)c(C)[nH]1. The highest BCUT2D eigenvalue weighted by Gasteiger charge is 2.11. The number of nitrogens with zero attached hydrogens (tertiary/aromatic N) is 2. The van der Waals surface area contributed by atoms with E-state index in [1.807, 2.05) is 39.1 Å². The minimum absolute atomic E-state index is 0.682. The summed E-state index contributed by atoms with van der Waals surface area (Å²) in [6.45, 7) is 4.61. The Labute approximate surface area is 111 Å². The van der Waals surface area contributed by atoms with Gasteiger partial charge in [0.05, 0.1) is 12.2 Å². The van der Waals surface area contributed by atoms with Crippen LogP contribution >= 0.6 is 0 Å². The van der Waals surface area contributed by atoms with Crippen molar-refractivity contribution < 1.29 is 4.42 Å². The first kappa shape index (κ1) is 11.9. The summed E-state index contributed by atoms with van der Waals surface area (Å²) in [5.41, 5.74) is 4.76. The van der Waals surface area contributed by atoms with Crippen LogP contribution in [0.5, 0.6) is 0 Å². The molecule has 0 saturated carbocycles. The number of aryl methyl sites for hydroxylation is 2. The van der Waals surface area contributed by atoms with Crippen LogP contribution in [0.1, 0.15) is 17.4 Å². The number of H-pyrrole nitrogens is 1. The van der Waals surface area contributed by atoms with E-state index in [0.29, 0.717) is 5.89 Å². The molecule has 5 nitrogen and oxygen atoms in total. The Balaban J connectivity index is 2.07. The van der Waals surface area contributed by atoms with Crippen molar-refractivity contribution in [3.8, 4) is 11.3 Å². The van der Waals surface area contributed by atoms with E-state index in [4.69, 9.17) is 4.42 Å². The first-order valence-corrected chi connectivity index (χ1v) is 6.25. The molecule has 0 aliphatic heterocycles. The summed E-state index contributed by atoms with van der Waals surface area (Å²) in [5.74, 6) is 1.62. The fourth-order valence-corrected chi connectivity index (χ4v) is 2.24. The van der Waals surface area contributed by atoms with Crippen LogP contribution < -0.4 is 5.32 Å². The zero-order valence-electron chi connectivity index (χ0n) is 11.2. The van der Waals surface area contributed by atoms with E-state index < -0.39 is 0 Å². The molecule has 3 rings (SSSR count). The molecular weight excluding hydrogens is 240 g/mol. The molecule has 0 bridgehead atoms. The molecule has 0 aliphatic rings. The van der Waals surface area contributed by atoms with Gasteiger partial charge in [-0.1, -0.05) is 0 Å². The van der Waals surface area contributed by atoms with Crippen molar-refractivity contribution in [2.45, 2.75) is 20.4 Å². The second-order valence-corrected chi connectivity index (χ2v) is 4.60. The quantitative estimate of drug-likeness (QED) is 0.755. The van der Waals surface area contributed by atoms with Gasteiger partial charge in [0.25, 0.3) is 0 Å². The Morgan fingerprint density at radius 2 is 2.11 bits per heavy atom. The molecule has 98 valence electrons. The molecular formula is C14H16N4O. The number of hydrogen-bond acceptors (Lipinski definition) is 4. The summed E-state index contributed by atoms with van der Waals surface area (Å²) >= 11 is 0. The third-order valence-corrected chi connectivity index (χ3v) is 3.05. The van der Waals surface area contributed by atoms with Crippen LogP contribution in [0.2, 0.25) is 0 Å². The number of hydrogen-bond donors (Lipinski definition) is 2. The van der Waals surface area contributed by atoms with Gasteiger partial charge in [-0.3, -0.25) is 0 Å². The molecule has 0 fully saturated rings. The second-order valence-electron chi connectivity index (χ2n) is 4.60. The van der Waals surface area contributed by atoms with Gasteiger partial charge in [0.2, 0.25) is 0 Å². The van der Waals surface area contributed by atoms with Gasteiger partial charge in [-0.2, -0.15) is 0 Å². The lowest BCUT2D eigenvalue weighted by molar-refractivity contribution is 0.561. The number of fused-ring (bicyclic) bond motifs is 1. The van der Waals surface area contributed by atoms with Gasteiger partial charge in [-0.05, 0) is 32.2 Å². The third kappa shape index (κ3) is 2.13. The zero-order valence-corrected chi connectivity index (χ0v) is 11.2. The number of rotatable bonds is 3. The van der Waals surface area contributed by atoms with Crippen molar-refractivity contribution in [3.63, 3.8) is 0 Å². The fraction of sp³-hybridized carbons (Fsp3) is 0.286. The van der Waals surface area contributed by atoms with Crippen LogP contribution in [0.3, 0.4) is 0 Å². The van der Waals surface area contributed by atoms with E-state index in [1.54, 1.807) is 0 Å². The maximum atomic E-state index is 5.48. The Morgan fingerprint density at radius 1 is 1.26 bits per heavy atom. The molecule has 2 aromatic heterocycles. The Hall–Kier alpha value is -2.14. The summed E-state index contributed by atoms with van der Waals surface area (Å²) < 4.78 is 5.48. The zero-order chi connectivity index (χ0) is 13.4. The van der Waals surface area contributed by atoms with E-state index in [2.05, 4.69) is 20.3 Å². The molecule has 2 heterocycles. The van der Waals surface area contributed by atoms with E-state index in [0.717, 1.165) is 40.4 Å². The Morgan fingerprint density at radius 3 is 2.89 bits per heavy atom. The molecule has 5 heteroatoms. The normalized spacial score (nSPS) is 11.3. The summed E-state index contributed by atoms with van der Waals surface area (Å²) in [4.78, 5) is 12.2. The van der Waals surface area contributed by atoms with Crippen LogP contribution in [-0.2, 0) is 6.54 Å². The standard InChI is InChI=1S/C14H16N4O/c1-8-14(18-13(16-8)7-15-3)10-4-5-12-11(6-10)17-9(2)19-12/h4-6,15H,7H2,1-3H3,(H,16,18). The van der Waals surface area contributed by atoms with Gasteiger partial charge in [-0.15, -0.1) is 0 Å². The fourth-order valence-electron chi connectivity index (χ4n) is 2.24. The van der Waals surface area contributed by atoms with Crippen LogP contribution in [0.25, 0.3) is 22.4 Å². The van der Waals surface area contributed by atoms with Crippen molar-refractivity contribution in [3.05, 3.63) is 35.6 Å². The maximum absolute atomic E-state index is 5.48. The average molecular weight is 256 g/mol. The highest BCUT2D eigenvalue weighted by atomic mass is 16.3. The summed E-state index contributed by atoms with van der Waals surface area (Å²) in [5, 5.41) is 3.09. The molecule has 1 aromatic carbocycles. The summed E-state index contributed by atoms with van der Waals surface area (Å²) in [6.07, 6.45) is 0. The lowest BCUT2D eigenvalue weighted by atomic mass is 10.1. The van der Waals surface area contributed by atoms with Crippen LogP contribution in [0.4, 0.5) is 0 Å². The molecule has 0 spiro atoms. The molecule has 0 aliphatic carbocycles. The van der Waals surface area contributed by atoms with E-state index in [1.165, 1.54) is 0 Å². The highest BCUT2D eigenvalue weighted by molar-refractivity contribution is 5.80. The Bertz CT molecular complexity index is 726. The van der Waals surface area contributed by atoms with Crippen LogP contribution in [-0.4, -0.2) is 22.0 Å². The number of imidazole rings is 1. The minimum Gasteiger partial charge on any atom is -0.441 e. The Kier molecular flexibility index (Phi) is 2.83. The topological polar surface area (TPSA) is 66.7 Å². The number of aromatic amines is 1. The van der Waals surface area contributed by atoms with Gasteiger partial charge in [-0.25, -0.2) is 9.97 Å². The number of aromatic nitrogens is 3. The summed E-state index contributed by atoms with van der Waals surface area (Å²) in [7, 11) is 1.90. The van der Waals surface area contributed by atoms with Crippen molar-refractivity contribution in [2.24, 2.45) is 0 Å². The lowest BCUT2D eigenvalue weighted by Crippen LogP contribution is -2.06. The summed E-state index contributed by atoms with van der Waals surface area (Å²) in [6, 6.07) is 5.97. The average Bonchev–Trinajstić information content (AvgIpc) is 2.90. The first-order chi connectivity index (χ1) is 9.17. The van der Waals surface area contributed by atoms with Gasteiger partial charge < -0.3 is 14.7 Å². The molecule has 0 radical (unpaired) electrons. The molecule has 2 N–H and O–H groups in total. The van der Waals surface area contributed by atoms with Gasteiger partial charge in [0.1, 0.15) is 11.3 Å². The monoisotopic (exact) mass is 256 g/mol.